The van der Waals surface area contributed by atoms with E-state index < -0.39 is 0 Å². The first kappa shape index (κ1) is 12.7. The molecule has 1 aliphatic rings. The average Bonchev–Trinajstić information content (AvgIpc) is 2.64. The van der Waals surface area contributed by atoms with Crippen molar-refractivity contribution in [2.45, 2.75) is 51.3 Å². The Morgan fingerprint density at radius 3 is 2.65 bits per heavy atom. The van der Waals surface area contributed by atoms with E-state index >= 15 is 0 Å². The molecule has 0 bridgehead atoms. The Labute approximate surface area is 109 Å². The van der Waals surface area contributed by atoms with Gasteiger partial charge < -0.3 is 5.32 Å². The normalized spacial score (nSPS) is 23.9. The highest BCUT2D eigenvalue weighted by Gasteiger charge is 2.24. The van der Waals surface area contributed by atoms with Crippen LogP contribution in [0.25, 0.3) is 0 Å². The number of thioether (sulfide) groups is 1. The number of aryl methyl sites for hydroxylation is 2. The van der Waals surface area contributed by atoms with Gasteiger partial charge in [0.2, 0.25) is 0 Å². The quantitative estimate of drug-likeness (QED) is 0.880. The first-order chi connectivity index (χ1) is 8.17. The molecule has 3 heteroatoms. The van der Waals surface area contributed by atoms with Crippen molar-refractivity contribution < 1.29 is 0 Å². The third-order valence-electron chi connectivity index (χ3n) is 3.24. The Hall–Kier alpha value is -0.700. The second-order valence-corrected chi connectivity index (χ2v) is 6.45. The van der Waals surface area contributed by atoms with Gasteiger partial charge in [0.25, 0.3) is 0 Å². The summed E-state index contributed by atoms with van der Waals surface area (Å²) in [5, 5.41) is 4.52. The lowest BCUT2D eigenvalue weighted by atomic mass is 10.2. The van der Waals surface area contributed by atoms with Gasteiger partial charge in [0.05, 0.1) is 0 Å². The van der Waals surface area contributed by atoms with Crippen LogP contribution >= 0.6 is 11.8 Å². The Bertz CT molecular complexity index is 358. The van der Waals surface area contributed by atoms with Crippen molar-refractivity contribution in [3.63, 3.8) is 0 Å². The molecule has 1 aliphatic carbocycles. The second-order valence-electron chi connectivity index (χ2n) is 4.87. The van der Waals surface area contributed by atoms with Crippen molar-refractivity contribution in [1.29, 1.82) is 0 Å². The minimum absolute atomic E-state index is 0.653. The summed E-state index contributed by atoms with van der Waals surface area (Å²) >= 11 is 2.11. The molecular formula is C14H22N2S. The van der Waals surface area contributed by atoms with Crippen LogP contribution in [0.4, 0.5) is 5.69 Å². The van der Waals surface area contributed by atoms with Crippen LogP contribution < -0.4 is 5.32 Å². The summed E-state index contributed by atoms with van der Waals surface area (Å²) in [6.45, 7) is 6.37. The summed E-state index contributed by atoms with van der Waals surface area (Å²) in [6, 6.07) is 4.95. The number of hydrogen-bond acceptors (Lipinski definition) is 3. The van der Waals surface area contributed by atoms with Gasteiger partial charge in [-0.25, -0.2) is 0 Å². The molecule has 0 radical (unpaired) electrons. The summed E-state index contributed by atoms with van der Waals surface area (Å²) in [7, 11) is 0. The zero-order chi connectivity index (χ0) is 12.3. The molecule has 1 heterocycles. The molecule has 17 heavy (non-hydrogen) atoms. The van der Waals surface area contributed by atoms with Gasteiger partial charge in [-0.1, -0.05) is 6.92 Å². The summed E-state index contributed by atoms with van der Waals surface area (Å²) in [4.78, 5) is 4.41. The van der Waals surface area contributed by atoms with E-state index in [1.54, 1.807) is 0 Å². The molecule has 2 unspecified atom stereocenters. The monoisotopic (exact) mass is 250 g/mol. The van der Waals surface area contributed by atoms with Gasteiger partial charge in [-0.2, -0.15) is 11.8 Å². The molecule has 0 spiro atoms. The van der Waals surface area contributed by atoms with Crippen molar-refractivity contribution >= 4 is 17.4 Å². The van der Waals surface area contributed by atoms with E-state index in [1.807, 2.05) is 0 Å². The van der Waals surface area contributed by atoms with Gasteiger partial charge in [0.1, 0.15) is 0 Å². The smallest absolute Gasteiger partial charge is 0.0396 e. The van der Waals surface area contributed by atoms with Gasteiger partial charge in [-0.05, 0) is 51.0 Å². The first-order valence-electron chi connectivity index (χ1n) is 6.51. The number of pyridine rings is 1. The van der Waals surface area contributed by atoms with Gasteiger partial charge in [0, 0.05) is 28.4 Å². The molecule has 1 saturated carbocycles. The Balaban J connectivity index is 1.93. The van der Waals surface area contributed by atoms with Crippen molar-refractivity contribution in [3.05, 3.63) is 23.5 Å². The Morgan fingerprint density at radius 2 is 2.00 bits per heavy atom. The largest absolute Gasteiger partial charge is 0.382 e. The highest BCUT2D eigenvalue weighted by molar-refractivity contribution is 7.99. The number of nitrogens with zero attached hydrogens (tertiary/aromatic N) is 1. The van der Waals surface area contributed by atoms with Crippen LogP contribution in [-0.4, -0.2) is 22.0 Å². The molecule has 2 nitrogen and oxygen atoms in total. The lowest BCUT2D eigenvalue weighted by Crippen LogP contribution is -2.16. The maximum atomic E-state index is 4.41. The fourth-order valence-electron chi connectivity index (χ4n) is 2.61. The van der Waals surface area contributed by atoms with Gasteiger partial charge in [-0.15, -0.1) is 0 Å². The molecule has 2 rings (SSSR count). The zero-order valence-corrected chi connectivity index (χ0v) is 11.8. The first-order valence-corrected chi connectivity index (χ1v) is 7.55. The third kappa shape index (κ3) is 3.63. The van der Waals surface area contributed by atoms with Crippen molar-refractivity contribution in [2.24, 2.45) is 0 Å². The van der Waals surface area contributed by atoms with Crippen LogP contribution in [0.5, 0.6) is 0 Å². The minimum atomic E-state index is 0.653. The Morgan fingerprint density at radius 1 is 1.29 bits per heavy atom. The van der Waals surface area contributed by atoms with Crippen LogP contribution in [0, 0.1) is 13.8 Å². The SMILES string of the molecule is CCSC1CCC(Nc2cc(C)nc(C)c2)C1. The maximum Gasteiger partial charge on any atom is 0.0396 e. The van der Waals surface area contributed by atoms with Crippen molar-refractivity contribution in [1.82, 2.24) is 4.98 Å². The van der Waals surface area contributed by atoms with Crippen LogP contribution in [0.2, 0.25) is 0 Å². The molecule has 0 saturated heterocycles. The summed E-state index contributed by atoms with van der Waals surface area (Å²) in [5.74, 6) is 1.24. The molecule has 0 aromatic carbocycles. The van der Waals surface area contributed by atoms with E-state index in [0.29, 0.717) is 6.04 Å². The number of anilines is 1. The molecule has 1 N–H and O–H groups in total. The standard InChI is InChI=1S/C14H22N2S/c1-4-17-14-6-5-12(9-14)16-13-7-10(2)15-11(3)8-13/h7-8,12,14H,4-6,9H2,1-3H3,(H,15,16). The van der Waals surface area contributed by atoms with E-state index in [1.165, 1.54) is 30.7 Å². The zero-order valence-electron chi connectivity index (χ0n) is 11.0. The molecular weight excluding hydrogens is 228 g/mol. The lowest BCUT2D eigenvalue weighted by molar-refractivity contribution is 0.756. The summed E-state index contributed by atoms with van der Waals surface area (Å²) < 4.78 is 0. The van der Waals surface area contributed by atoms with E-state index in [9.17, 15) is 0 Å². The Kier molecular flexibility index (Phi) is 4.32. The highest BCUT2D eigenvalue weighted by atomic mass is 32.2. The molecule has 94 valence electrons. The maximum absolute atomic E-state index is 4.41. The van der Waals surface area contributed by atoms with Gasteiger partial charge >= 0.3 is 0 Å². The van der Waals surface area contributed by atoms with Crippen molar-refractivity contribution in [2.75, 3.05) is 11.1 Å². The summed E-state index contributed by atoms with van der Waals surface area (Å²) in [5.41, 5.74) is 3.44. The van der Waals surface area contributed by atoms with Crippen LogP contribution in [0.1, 0.15) is 37.6 Å². The van der Waals surface area contributed by atoms with Gasteiger partial charge in [0.15, 0.2) is 0 Å². The molecule has 1 aromatic heterocycles. The van der Waals surface area contributed by atoms with E-state index in [2.05, 4.69) is 55.0 Å². The van der Waals surface area contributed by atoms with E-state index in [4.69, 9.17) is 0 Å². The van der Waals surface area contributed by atoms with Crippen molar-refractivity contribution in [3.8, 4) is 0 Å². The number of aromatic nitrogens is 1. The number of nitrogens with one attached hydrogen (secondary N) is 1. The fourth-order valence-corrected chi connectivity index (χ4v) is 3.75. The van der Waals surface area contributed by atoms with E-state index in [-0.39, 0.29) is 0 Å². The fraction of sp³-hybridized carbons (Fsp3) is 0.643. The minimum Gasteiger partial charge on any atom is -0.382 e. The number of hydrogen-bond donors (Lipinski definition) is 1. The molecule has 1 aromatic rings. The third-order valence-corrected chi connectivity index (χ3v) is 4.47. The molecule has 0 amide bonds. The summed E-state index contributed by atoms with van der Waals surface area (Å²) in [6.07, 6.45) is 3.97. The number of rotatable bonds is 4. The predicted molar refractivity (Wildman–Crippen MR) is 76.9 cm³/mol. The molecule has 2 atom stereocenters. The van der Waals surface area contributed by atoms with Crippen LogP contribution in [0.15, 0.2) is 12.1 Å². The topological polar surface area (TPSA) is 24.9 Å². The van der Waals surface area contributed by atoms with Crippen LogP contribution in [0.3, 0.4) is 0 Å². The highest BCUT2D eigenvalue weighted by Crippen LogP contribution is 2.31. The lowest BCUT2D eigenvalue weighted by Gasteiger charge is -2.15. The molecule has 1 fully saturated rings. The average molecular weight is 250 g/mol. The van der Waals surface area contributed by atoms with E-state index in [0.717, 1.165) is 16.6 Å². The van der Waals surface area contributed by atoms with Crippen LogP contribution in [-0.2, 0) is 0 Å². The van der Waals surface area contributed by atoms with Gasteiger partial charge in [-0.3, -0.25) is 4.98 Å². The predicted octanol–water partition coefficient (Wildman–Crippen LogP) is 3.78. The second kappa shape index (κ2) is 5.76. The molecule has 0 aliphatic heterocycles.